The molecule has 0 spiro atoms. The SMILES string of the molecule is CC(=O)OCC(=O)[C@H]1[C@H](COC(=O)CCO)C[C@H]2[C@@H]3C[C@H](C)C4=CC(=O)C=C[C@]4(C)[C@H]3CC[C@@]21C. The van der Waals surface area contributed by atoms with Gasteiger partial charge in [0.25, 0.3) is 0 Å². The highest BCUT2D eigenvalue weighted by atomic mass is 16.5. The molecule has 0 bridgehead atoms. The van der Waals surface area contributed by atoms with Gasteiger partial charge in [0, 0.05) is 24.2 Å². The fourth-order valence-corrected chi connectivity index (χ4v) is 8.21. The van der Waals surface area contributed by atoms with E-state index in [2.05, 4.69) is 26.8 Å². The van der Waals surface area contributed by atoms with Crippen LogP contribution in [0.5, 0.6) is 0 Å². The highest BCUT2D eigenvalue weighted by molar-refractivity contribution is 6.01. The first-order chi connectivity index (χ1) is 16.5. The van der Waals surface area contributed by atoms with Gasteiger partial charge in [0.1, 0.15) is 6.61 Å². The molecule has 0 heterocycles. The van der Waals surface area contributed by atoms with Crippen molar-refractivity contribution >= 4 is 23.5 Å². The van der Waals surface area contributed by atoms with Crippen molar-refractivity contribution in [2.24, 2.45) is 46.3 Å². The monoisotopic (exact) mass is 486 g/mol. The summed E-state index contributed by atoms with van der Waals surface area (Å²) in [6.45, 7) is 7.54. The number of rotatable bonds is 7. The van der Waals surface area contributed by atoms with E-state index in [0.717, 1.165) is 25.7 Å². The number of ketones is 2. The average molecular weight is 487 g/mol. The number of fused-ring (bicyclic) bond motifs is 5. The summed E-state index contributed by atoms with van der Waals surface area (Å²) >= 11 is 0. The van der Waals surface area contributed by atoms with Crippen LogP contribution in [-0.4, -0.2) is 48.4 Å². The first-order valence-corrected chi connectivity index (χ1v) is 12.9. The molecule has 0 aromatic heterocycles. The molecule has 4 aliphatic rings. The third kappa shape index (κ3) is 4.52. The Hall–Kier alpha value is -2.28. The lowest BCUT2D eigenvalue weighted by molar-refractivity contribution is -0.152. The molecule has 3 fully saturated rings. The van der Waals surface area contributed by atoms with Gasteiger partial charge in [-0.15, -0.1) is 0 Å². The van der Waals surface area contributed by atoms with E-state index in [1.165, 1.54) is 12.5 Å². The van der Waals surface area contributed by atoms with Crippen molar-refractivity contribution < 1.29 is 33.8 Å². The Morgan fingerprint density at radius 3 is 2.57 bits per heavy atom. The van der Waals surface area contributed by atoms with Crippen LogP contribution in [-0.2, 0) is 28.7 Å². The van der Waals surface area contributed by atoms with Crippen LogP contribution in [0.1, 0.15) is 59.8 Å². The largest absolute Gasteiger partial charge is 0.465 e. The van der Waals surface area contributed by atoms with E-state index >= 15 is 0 Å². The Morgan fingerprint density at radius 2 is 1.89 bits per heavy atom. The molecule has 7 nitrogen and oxygen atoms in total. The molecule has 0 aromatic carbocycles. The number of carbonyl (C=O) groups is 4. The number of ether oxygens (including phenoxy) is 2. The summed E-state index contributed by atoms with van der Waals surface area (Å²) in [4.78, 5) is 49.0. The fourth-order valence-electron chi connectivity index (χ4n) is 8.21. The summed E-state index contributed by atoms with van der Waals surface area (Å²) in [6.07, 6.45) is 9.11. The van der Waals surface area contributed by atoms with Crippen LogP contribution in [0.2, 0.25) is 0 Å². The highest BCUT2D eigenvalue weighted by Crippen LogP contribution is 2.68. The summed E-state index contributed by atoms with van der Waals surface area (Å²) in [5.41, 5.74) is 0.781. The predicted octanol–water partition coefficient (Wildman–Crippen LogP) is 3.44. The molecule has 0 aliphatic heterocycles. The molecule has 1 N–H and O–H groups in total. The number of allylic oxidation sites excluding steroid dienone is 4. The zero-order valence-electron chi connectivity index (χ0n) is 21.2. The molecule has 3 saturated carbocycles. The van der Waals surface area contributed by atoms with Crippen molar-refractivity contribution in [1.82, 2.24) is 0 Å². The van der Waals surface area contributed by atoms with Gasteiger partial charge >= 0.3 is 11.9 Å². The van der Waals surface area contributed by atoms with Gasteiger partial charge in [0.05, 0.1) is 19.6 Å². The average Bonchev–Trinajstić information content (AvgIpc) is 3.10. The Balaban J connectivity index is 1.64. The van der Waals surface area contributed by atoms with Crippen LogP contribution in [0.3, 0.4) is 0 Å². The van der Waals surface area contributed by atoms with Gasteiger partial charge in [-0.3, -0.25) is 19.2 Å². The minimum atomic E-state index is -0.486. The minimum absolute atomic E-state index is 0.0604. The van der Waals surface area contributed by atoms with E-state index in [4.69, 9.17) is 14.6 Å². The number of Topliss-reactive ketones (excluding diaryl/α,β-unsaturated/α-hetero) is 1. The minimum Gasteiger partial charge on any atom is -0.465 e. The van der Waals surface area contributed by atoms with Gasteiger partial charge in [0.15, 0.2) is 11.6 Å². The van der Waals surface area contributed by atoms with Crippen molar-refractivity contribution in [3.05, 3.63) is 23.8 Å². The normalized spacial score (nSPS) is 39.7. The molecule has 8 atom stereocenters. The molecule has 0 unspecified atom stereocenters. The van der Waals surface area contributed by atoms with Crippen molar-refractivity contribution in [1.29, 1.82) is 0 Å². The number of aliphatic hydroxyl groups excluding tert-OH is 1. The zero-order valence-corrected chi connectivity index (χ0v) is 21.2. The molecule has 0 radical (unpaired) electrons. The second-order valence-electron chi connectivity index (χ2n) is 11.6. The lowest BCUT2D eigenvalue weighted by Gasteiger charge is -2.58. The molecular formula is C28H38O7. The summed E-state index contributed by atoms with van der Waals surface area (Å²) in [7, 11) is 0. The maximum Gasteiger partial charge on any atom is 0.308 e. The topological polar surface area (TPSA) is 107 Å². The molecule has 4 rings (SSSR count). The number of hydrogen-bond acceptors (Lipinski definition) is 7. The fraction of sp³-hybridized carbons (Fsp3) is 0.714. The smallest absolute Gasteiger partial charge is 0.308 e. The van der Waals surface area contributed by atoms with E-state index in [1.54, 1.807) is 6.08 Å². The van der Waals surface area contributed by atoms with Crippen LogP contribution in [0.4, 0.5) is 0 Å². The summed E-state index contributed by atoms with van der Waals surface area (Å²) in [5.74, 6) is -0.220. The van der Waals surface area contributed by atoms with Gasteiger partial charge in [-0.1, -0.05) is 32.4 Å². The first-order valence-electron chi connectivity index (χ1n) is 12.9. The van der Waals surface area contributed by atoms with Gasteiger partial charge < -0.3 is 14.6 Å². The van der Waals surface area contributed by atoms with Crippen LogP contribution in [0, 0.1) is 46.3 Å². The Bertz CT molecular complexity index is 964. The third-order valence-corrected chi connectivity index (χ3v) is 9.59. The van der Waals surface area contributed by atoms with Gasteiger partial charge in [-0.25, -0.2) is 0 Å². The highest BCUT2D eigenvalue weighted by Gasteiger charge is 2.63. The van der Waals surface area contributed by atoms with E-state index in [9.17, 15) is 19.2 Å². The standard InChI is InChI=1S/C28H38O7/c1-16-11-20-21(27(3)8-5-19(31)13-22(16)27)6-9-28(4)23(20)12-18(14-35-25(33)7-10-29)26(28)24(32)15-34-17(2)30/h5,8,13,16,18,20-21,23,26,29H,6-7,9-12,14-15H2,1-4H3/t16-,18-,20+,21-,23-,26+,27+,28-/m0/s1. The molecule has 4 aliphatic carbocycles. The third-order valence-electron chi connectivity index (χ3n) is 9.59. The van der Waals surface area contributed by atoms with Crippen molar-refractivity contribution in [3.63, 3.8) is 0 Å². The Kier molecular flexibility index (Phi) is 7.11. The van der Waals surface area contributed by atoms with Crippen molar-refractivity contribution in [2.45, 2.75) is 59.8 Å². The van der Waals surface area contributed by atoms with Crippen LogP contribution >= 0.6 is 0 Å². The lowest BCUT2D eigenvalue weighted by Crippen LogP contribution is -2.52. The molecule has 0 amide bonds. The van der Waals surface area contributed by atoms with Gasteiger partial charge in [0.2, 0.25) is 0 Å². The van der Waals surface area contributed by atoms with E-state index < -0.39 is 11.9 Å². The summed E-state index contributed by atoms with van der Waals surface area (Å²) < 4.78 is 10.6. The maximum absolute atomic E-state index is 13.4. The first kappa shape index (κ1) is 25.8. The Morgan fingerprint density at radius 1 is 1.14 bits per heavy atom. The van der Waals surface area contributed by atoms with Crippen LogP contribution in [0.15, 0.2) is 23.8 Å². The lowest BCUT2D eigenvalue weighted by atomic mass is 9.46. The zero-order chi connectivity index (χ0) is 25.5. The van der Waals surface area contributed by atoms with Crippen molar-refractivity contribution in [2.75, 3.05) is 19.8 Å². The molecule has 0 aromatic rings. The quantitative estimate of drug-likeness (QED) is 0.549. The number of hydrogen-bond donors (Lipinski definition) is 1. The van der Waals surface area contributed by atoms with Gasteiger partial charge in [-0.05, 0) is 66.9 Å². The Labute approximate surface area is 207 Å². The summed E-state index contributed by atoms with van der Waals surface area (Å²) in [6, 6.07) is 0. The molecule has 0 saturated heterocycles. The van der Waals surface area contributed by atoms with E-state index in [0.29, 0.717) is 11.8 Å². The maximum atomic E-state index is 13.4. The van der Waals surface area contributed by atoms with E-state index in [1.807, 2.05) is 6.08 Å². The predicted molar refractivity (Wildman–Crippen MR) is 128 cm³/mol. The molecule has 192 valence electrons. The number of esters is 2. The molecular weight excluding hydrogens is 448 g/mol. The molecule has 35 heavy (non-hydrogen) atoms. The van der Waals surface area contributed by atoms with E-state index in [-0.39, 0.29) is 72.3 Å². The summed E-state index contributed by atoms with van der Waals surface area (Å²) in [5, 5.41) is 9.06. The van der Waals surface area contributed by atoms with Gasteiger partial charge in [-0.2, -0.15) is 0 Å². The van der Waals surface area contributed by atoms with Crippen LogP contribution in [0.25, 0.3) is 0 Å². The molecule has 7 heteroatoms. The number of carbonyl (C=O) groups excluding carboxylic acids is 4. The van der Waals surface area contributed by atoms with Crippen LogP contribution < -0.4 is 0 Å². The second kappa shape index (κ2) is 9.64. The van der Waals surface area contributed by atoms with Crippen molar-refractivity contribution in [3.8, 4) is 0 Å². The second-order valence-corrected chi connectivity index (χ2v) is 11.6. The number of aliphatic hydroxyl groups is 1.